The molecule has 0 aromatic carbocycles. The second-order valence-corrected chi connectivity index (χ2v) is 3.89. The normalized spacial score (nSPS) is 16.5. The number of aliphatic imine (C=N–C) groups is 2. The Balaban J connectivity index is 2.93. The van der Waals surface area contributed by atoms with Crippen LogP contribution >= 0.6 is 12.6 Å². The van der Waals surface area contributed by atoms with E-state index in [0.717, 1.165) is 5.70 Å². The first-order valence-electron chi connectivity index (χ1n) is 3.35. The van der Waals surface area contributed by atoms with Crippen LogP contribution in [0.15, 0.2) is 28.0 Å². The molecule has 0 fully saturated rings. The van der Waals surface area contributed by atoms with Crippen molar-refractivity contribution < 1.29 is 0 Å². The van der Waals surface area contributed by atoms with Gasteiger partial charge >= 0.3 is 0 Å². The fourth-order valence-corrected chi connectivity index (χ4v) is 0.757. The van der Waals surface area contributed by atoms with Crippen molar-refractivity contribution in [3.8, 4) is 0 Å². The number of rotatable bonds is 1. The minimum absolute atomic E-state index is 0.236. The van der Waals surface area contributed by atoms with Gasteiger partial charge < -0.3 is 0 Å². The zero-order valence-corrected chi connectivity index (χ0v) is 7.47. The summed E-state index contributed by atoms with van der Waals surface area (Å²) in [5.41, 5.74) is 0.849. The summed E-state index contributed by atoms with van der Waals surface area (Å²) in [6.45, 7) is 3.94. The average molecular weight is 166 g/mol. The third-order valence-electron chi connectivity index (χ3n) is 1.25. The van der Waals surface area contributed by atoms with Gasteiger partial charge in [-0.05, 0) is 19.7 Å². The third kappa shape index (κ3) is 2.37. The Bertz CT molecular complexity index is 262. The summed E-state index contributed by atoms with van der Waals surface area (Å²) in [7, 11) is 0. The van der Waals surface area contributed by atoms with Gasteiger partial charge in [-0.1, -0.05) is 0 Å². The highest BCUT2D eigenvalue weighted by Gasteiger charge is 2.17. The van der Waals surface area contributed by atoms with Crippen LogP contribution in [0.5, 0.6) is 0 Å². The molecule has 0 aromatic rings. The number of hydrogen-bond donors (Lipinski definition) is 1. The van der Waals surface area contributed by atoms with Gasteiger partial charge in [0.05, 0.1) is 16.6 Å². The van der Waals surface area contributed by atoms with E-state index in [0.29, 0.717) is 0 Å². The molecule has 0 aromatic heterocycles. The lowest BCUT2D eigenvalue weighted by Crippen LogP contribution is -2.12. The summed E-state index contributed by atoms with van der Waals surface area (Å²) in [6, 6.07) is 0. The first kappa shape index (κ1) is 8.31. The highest BCUT2D eigenvalue weighted by Crippen LogP contribution is 2.24. The van der Waals surface area contributed by atoms with Crippen LogP contribution in [0.1, 0.15) is 13.8 Å². The maximum Gasteiger partial charge on any atom is 0.0746 e. The van der Waals surface area contributed by atoms with E-state index in [-0.39, 0.29) is 4.75 Å². The topological polar surface area (TPSA) is 24.7 Å². The van der Waals surface area contributed by atoms with Crippen LogP contribution in [-0.2, 0) is 0 Å². The van der Waals surface area contributed by atoms with Crippen LogP contribution in [0.25, 0.3) is 0 Å². The lowest BCUT2D eigenvalue weighted by atomic mass is 10.1. The van der Waals surface area contributed by atoms with Crippen molar-refractivity contribution in [3.05, 3.63) is 18.0 Å². The second-order valence-electron chi connectivity index (χ2n) is 2.78. The maximum absolute atomic E-state index is 4.36. The Labute approximate surface area is 71.9 Å². The summed E-state index contributed by atoms with van der Waals surface area (Å²) >= 11 is 4.36. The zero-order valence-electron chi connectivity index (χ0n) is 6.57. The van der Waals surface area contributed by atoms with E-state index in [9.17, 15) is 0 Å². The predicted molar refractivity (Wildman–Crippen MR) is 51.6 cm³/mol. The molecule has 0 unspecified atom stereocenters. The fourth-order valence-electron chi connectivity index (χ4n) is 0.642. The SMILES string of the molecule is CC(C)(S)C1=CN=C=CC=N1. The molecule has 3 heteroatoms. The molecule has 0 N–H and O–H groups in total. The van der Waals surface area contributed by atoms with Crippen LogP contribution in [-0.4, -0.2) is 16.8 Å². The van der Waals surface area contributed by atoms with Gasteiger partial charge in [0.25, 0.3) is 0 Å². The molecule has 11 heavy (non-hydrogen) atoms. The van der Waals surface area contributed by atoms with Crippen LogP contribution in [0, 0.1) is 0 Å². The lowest BCUT2D eigenvalue weighted by Gasteiger charge is -2.16. The van der Waals surface area contributed by atoms with Gasteiger partial charge in [0.2, 0.25) is 0 Å². The summed E-state index contributed by atoms with van der Waals surface area (Å²) < 4.78 is -0.236. The minimum atomic E-state index is -0.236. The quantitative estimate of drug-likeness (QED) is 0.575. The molecule has 0 atom stereocenters. The maximum atomic E-state index is 4.36. The monoisotopic (exact) mass is 166 g/mol. The number of thiol groups is 1. The molecule has 1 aliphatic rings. The molecule has 58 valence electrons. The Morgan fingerprint density at radius 1 is 1.55 bits per heavy atom. The van der Waals surface area contributed by atoms with Crippen LogP contribution < -0.4 is 0 Å². The van der Waals surface area contributed by atoms with Crippen molar-refractivity contribution >= 4 is 24.7 Å². The first-order chi connectivity index (χ1) is 5.11. The molecule has 0 bridgehead atoms. The van der Waals surface area contributed by atoms with Crippen molar-refractivity contribution in [2.75, 3.05) is 0 Å². The number of hydrogen-bond acceptors (Lipinski definition) is 3. The van der Waals surface area contributed by atoms with Crippen molar-refractivity contribution in [2.24, 2.45) is 9.98 Å². The molecule has 0 amide bonds. The van der Waals surface area contributed by atoms with Gasteiger partial charge in [-0.15, -0.1) is 0 Å². The predicted octanol–water partition coefficient (Wildman–Crippen LogP) is 1.85. The molecule has 2 nitrogen and oxygen atoms in total. The van der Waals surface area contributed by atoms with Crippen molar-refractivity contribution in [3.63, 3.8) is 0 Å². The highest BCUT2D eigenvalue weighted by molar-refractivity contribution is 7.82. The standard InChI is InChI=1S/C8H10N2S/c1-8(2,11)7-6-9-4-3-5-10-7/h3,5-6,11H,1-2H3. The molecule has 0 saturated carbocycles. The van der Waals surface area contributed by atoms with Gasteiger partial charge in [-0.2, -0.15) is 12.6 Å². The molecule has 0 spiro atoms. The fraction of sp³-hybridized carbons (Fsp3) is 0.375. The average Bonchev–Trinajstić information content (AvgIpc) is 2.10. The van der Waals surface area contributed by atoms with E-state index in [1.807, 2.05) is 13.8 Å². The van der Waals surface area contributed by atoms with Gasteiger partial charge in [-0.3, -0.25) is 4.99 Å². The summed E-state index contributed by atoms with van der Waals surface area (Å²) in [6.07, 6.45) is 5.01. The largest absolute Gasteiger partial charge is 0.258 e. The van der Waals surface area contributed by atoms with Crippen LogP contribution in [0.3, 0.4) is 0 Å². The Morgan fingerprint density at radius 3 is 2.91 bits per heavy atom. The van der Waals surface area contributed by atoms with Crippen LogP contribution in [0.4, 0.5) is 0 Å². The Kier molecular flexibility index (Phi) is 2.32. The zero-order chi connectivity index (χ0) is 8.32. The molecule has 1 heterocycles. The van der Waals surface area contributed by atoms with Crippen molar-refractivity contribution in [1.29, 1.82) is 0 Å². The smallest absolute Gasteiger partial charge is 0.0746 e. The highest BCUT2D eigenvalue weighted by atomic mass is 32.1. The van der Waals surface area contributed by atoms with Crippen molar-refractivity contribution in [2.45, 2.75) is 18.6 Å². The van der Waals surface area contributed by atoms with E-state index in [4.69, 9.17) is 0 Å². The van der Waals surface area contributed by atoms with Crippen molar-refractivity contribution in [1.82, 2.24) is 0 Å². The van der Waals surface area contributed by atoms with Gasteiger partial charge in [0.15, 0.2) is 0 Å². The molecule has 0 saturated heterocycles. The van der Waals surface area contributed by atoms with Crippen LogP contribution in [0.2, 0.25) is 0 Å². The van der Waals surface area contributed by atoms with E-state index < -0.39 is 0 Å². The van der Waals surface area contributed by atoms with E-state index >= 15 is 0 Å². The molecular weight excluding hydrogens is 156 g/mol. The number of nitrogens with zero attached hydrogens (tertiary/aromatic N) is 2. The summed E-state index contributed by atoms with van der Waals surface area (Å²) in [5, 5.41) is 0. The van der Waals surface area contributed by atoms with Gasteiger partial charge in [0.1, 0.15) is 0 Å². The Morgan fingerprint density at radius 2 is 2.27 bits per heavy atom. The van der Waals surface area contributed by atoms with E-state index in [1.54, 1.807) is 18.5 Å². The Hall–Kier alpha value is -0.790. The molecular formula is C8H10N2S. The molecule has 0 aliphatic carbocycles. The first-order valence-corrected chi connectivity index (χ1v) is 3.80. The minimum Gasteiger partial charge on any atom is -0.258 e. The molecule has 1 rings (SSSR count). The van der Waals surface area contributed by atoms with E-state index in [1.165, 1.54) is 0 Å². The summed E-state index contributed by atoms with van der Waals surface area (Å²) in [5.74, 6) is 2.69. The van der Waals surface area contributed by atoms with E-state index in [2.05, 4.69) is 28.5 Å². The van der Waals surface area contributed by atoms with Gasteiger partial charge in [-0.25, -0.2) is 4.99 Å². The van der Waals surface area contributed by atoms with Gasteiger partial charge in [0, 0.05) is 12.3 Å². The molecule has 0 radical (unpaired) electrons. The lowest BCUT2D eigenvalue weighted by molar-refractivity contribution is 0.826. The summed E-state index contributed by atoms with van der Waals surface area (Å²) in [4.78, 5) is 8.02. The third-order valence-corrected chi connectivity index (χ3v) is 1.48. The molecule has 1 aliphatic heterocycles. The number of allylic oxidation sites excluding steroid dienone is 1. The second kappa shape index (κ2) is 3.07.